The topological polar surface area (TPSA) is 46.3 Å². The molecule has 3 heteroatoms. The summed E-state index contributed by atoms with van der Waals surface area (Å²) in [5.41, 5.74) is 5.19. The van der Waals surface area contributed by atoms with Crippen molar-refractivity contribution in [2.75, 3.05) is 20.1 Å². The summed E-state index contributed by atoms with van der Waals surface area (Å²) in [6.07, 6.45) is 1.94. The van der Waals surface area contributed by atoms with E-state index in [1.54, 1.807) is 0 Å². The Bertz CT molecular complexity index is 193. The first-order valence-corrected chi connectivity index (χ1v) is 4.63. The number of nitrogens with two attached hydrogens (primary N) is 1. The summed E-state index contributed by atoms with van der Waals surface area (Å²) >= 11 is 0. The highest BCUT2D eigenvalue weighted by atomic mass is 16.1. The zero-order valence-electron chi connectivity index (χ0n) is 7.49. The predicted molar refractivity (Wildman–Crippen MR) is 46.4 cm³/mol. The van der Waals surface area contributed by atoms with Crippen LogP contribution in [0.5, 0.6) is 0 Å². The second kappa shape index (κ2) is 2.73. The van der Waals surface area contributed by atoms with Crippen molar-refractivity contribution < 1.29 is 4.79 Å². The van der Waals surface area contributed by atoms with Crippen LogP contribution in [0.15, 0.2) is 0 Å². The second-order valence-corrected chi connectivity index (χ2v) is 4.31. The molecular weight excluding hydrogens is 152 g/mol. The van der Waals surface area contributed by atoms with E-state index in [9.17, 15) is 4.79 Å². The van der Waals surface area contributed by atoms with Gasteiger partial charge in [0.05, 0.1) is 0 Å². The first-order valence-electron chi connectivity index (χ1n) is 4.63. The SMILES string of the molecule is CN1C[C@H]2C[C@@H](C1)C2CC(N)=O. The Hall–Kier alpha value is -0.570. The summed E-state index contributed by atoms with van der Waals surface area (Å²) in [7, 11) is 2.15. The average molecular weight is 168 g/mol. The van der Waals surface area contributed by atoms with E-state index in [4.69, 9.17) is 5.73 Å². The predicted octanol–water partition coefficient (Wildman–Crippen LogP) is 0.0595. The monoisotopic (exact) mass is 168 g/mol. The van der Waals surface area contributed by atoms with E-state index in [-0.39, 0.29) is 5.91 Å². The minimum absolute atomic E-state index is 0.126. The Morgan fingerprint density at radius 3 is 2.58 bits per heavy atom. The van der Waals surface area contributed by atoms with Gasteiger partial charge >= 0.3 is 0 Å². The van der Waals surface area contributed by atoms with Crippen LogP contribution in [-0.2, 0) is 4.79 Å². The summed E-state index contributed by atoms with van der Waals surface area (Å²) in [5, 5.41) is 0. The molecule has 3 atom stereocenters. The van der Waals surface area contributed by atoms with E-state index in [1.807, 2.05) is 0 Å². The largest absolute Gasteiger partial charge is 0.370 e. The molecule has 2 bridgehead atoms. The molecule has 0 aromatic rings. The molecule has 1 amide bonds. The Kier molecular flexibility index (Phi) is 1.83. The number of amides is 1. The molecule has 2 aliphatic heterocycles. The number of hydrogen-bond acceptors (Lipinski definition) is 2. The first kappa shape index (κ1) is 8.05. The van der Waals surface area contributed by atoms with Gasteiger partial charge in [-0.25, -0.2) is 0 Å². The van der Waals surface area contributed by atoms with Crippen LogP contribution < -0.4 is 5.73 Å². The summed E-state index contributed by atoms with van der Waals surface area (Å²) in [4.78, 5) is 13.1. The molecule has 1 unspecified atom stereocenters. The van der Waals surface area contributed by atoms with Gasteiger partial charge in [0.15, 0.2) is 0 Å². The number of rotatable bonds is 2. The molecule has 3 fully saturated rings. The third-order valence-electron chi connectivity index (χ3n) is 3.35. The minimum Gasteiger partial charge on any atom is -0.370 e. The van der Waals surface area contributed by atoms with Crippen molar-refractivity contribution in [1.82, 2.24) is 4.90 Å². The van der Waals surface area contributed by atoms with Crippen LogP contribution >= 0.6 is 0 Å². The lowest BCUT2D eigenvalue weighted by atomic mass is 9.60. The molecule has 2 heterocycles. The van der Waals surface area contributed by atoms with Crippen LogP contribution in [-0.4, -0.2) is 30.9 Å². The maximum absolute atomic E-state index is 10.7. The lowest BCUT2D eigenvalue weighted by Gasteiger charge is -2.52. The summed E-state index contributed by atoms with van der Waals surface area (Å²) in [6.45, 7) is 2.32. The molecule has 1 saturated carbocycles. The summed E-state index contributed by atoms with van der Waals surface area (Å²) in [5.74, 6) is 1.99. The Morgan fingerprint density at radius 2 is 2.08 bits per heavy atom. The molecular formula is C9H16N2O. The van der Waals surface area contributed by atoms with Gasteiger partial charge in [0.1, 0.15) is 0 Å². The third kappa shape index (κ3) is 1.22. The van der Waals surface area contributed by atoms with Crippen LogP contribution in [0.2, 0.25) is 0 Å². The van der Waals surface area contributed by atoms with Gasteiger partial charge in [-0.3, -0.25) is 4.79 Å². The van der Waals surface area contributed by atoms with Crippen molar-refractivity contribution in [3.05, 3.63) is 0 Å². The third-order valence-corrected chi connectivity index (χ3v) is 3.35. The van der Waals surface area contributed by atoms with E-state index < -0.39 is 0 Å². The Morgan fingerprint density at radius 1 is 1.50 bits per heavy atom. The number of piperidine rings is 2. The Balaban J connectivity index is 1.91. The van der Waals surface area contributed by atoms with Crippen LogP contribution in [0, 0.1) is 17.8 Å². The van der Waals surface area contributed by atoms with Gasteiger partial charge in [-0.05, 0) is 31.2 Å². The number of fused-ring (bicyclic) bond motifs is 2. The molecule has 2 saturated heterocycles. The zero-order chi connectivity index (χ0) is 8.72. The standard InChI is InChI=1S/C9H16N2O/c1-11-4-6-2-7(5-11)8(6)3-9(10)12/h6-8H,2-5H2,1H3,(H2,10,12)/t6-,7+,8?. The van der Waals surface area contributed by atoms with E-state index >= 15 is 0 Å². The fourth-order valence-corrected chi connectivity index (χ4v) is 2.79. The van der Waals surface area contributed by atoms with Gasteiger partial charge in [-0.15, -0.1) is 0 Å². The van der Waals surface area contributed by atoms with E-state index in [1.165, 1.54) is 6.42 Å². The van der Waals surface area contributed by atoms with Crippen molar-refractivity contribution in [1.29, 1.82) is 0 Å². The highest BCUT2D eigenvalue weighted by Crippen LogP contribution is 2.46. The Labute approximate surface area is 72.9 Å². The van der Waals surface area contributed by atoms with E-state index in [2.05, 4.69) is 11.9 Å². The molecule has 0 radical (unpaired) electrons. The average Bonchev–Trinajstić information content (AvgIpc) is 2.00. The molecule has 0 aromatic carbocycles. The van der Waals surface area contributed by atoms with Crippen LogP contribution in [0.1, 0.15) is 12.8 Å². The normalized spacial score (nSPS) is 40.6. The fourth-order valence-electron chi connectivity index (χ4n) is 2.79. The molecule has 68 valence electrons. The van der Waals surface area contributed by atoms with Crippen molar-refractivity contribution in [3.8, 4) is 0 Å². The quantitative estimate of drug-likeness (QED) is 0.633. The molecule has 0 spiro atoms. The lowest BCUT2D eigenvalue weighted by molar-refractivity contribution is -0.124. The van der Waals surface area contributed by atoms with Gasteiger partial charge in [-0.1, -0.05) is 0 Å². The van der Waals surface area contributed by atoms with Gasteiger partial charge in [0.2, 0.25) is 5.91 Å². The lowest BCUT2D eigenvalue weighted by Crippen LogP contribution is -2.54. The molecule has 0 aromatic heterocycles. The van der Waals surface area contributed by atoms with Crippen molar-refractivity contribution >= 4 is 5.91 Å². The molecule has 3 rings (SSSR count). The van der Waals surface area contributed by atoms with Crippen molar-refractivity contribution in [2.45, 2.75) is 12.8 Å². The van der Waals surface area contributed by atoms with Crippen molar-refractivity contribution in [2.24, 2.45) is 23.5 Å². The van der Waals surface area contributed by atoms with Gasteiger partial charge in [0, 0.05) is 19.5 Å². The highest BCUT2D eigenvalue weighted by molar-refractivity contribution is 5.74. The minimum atomic E-state index is -0.126. The van der Waals surface area contributed by atoms with Crippen LogP contribution in [0.3, 0.4) is 0 Å². The number of carbonyl (C=O) groups excluding carboxylic acids is 1. The van der Waals surface area contributed by atoms with Crippen molar-refractivity contribution in [3.63, 3.8) is 0 Å². The van der Waals surface area contributed by atoms with E-state index in [0.717, 1.165) is 24.9 Å². The number of hydrogen-bond donors (Lipinski definition) is 1. The van der Waals surface area contributed by atoms with Gasteiger partial charge < -0.3 is 10.6 Å². The van der Waals surface area contributed by atoms with Gasteiger partial charge in [0.25, 0.3) is 0 Å². The fraction of sp³-hybridized carbons (Fsp3) is 0.889. The molecule has 1 aliphatic carbocycles. The maximum Gasteiger partial charge on any atom is 0.217 e. The van der Waals surface area contributed by atoms with Crippen LogP contribution in [0.25, 0.3) is 0 Å². The molecule has 12 heavy (non-hydrogen) atoms. The second-order valence-electron chi connectivity index (χ2n) is 4.31. The summed E-state index contributed by atoms with van der Waals surface area (Å²) in [6, 6.07) is 0. The first-order chi connectivity index (χ1) is 5.66. The summed E-state index contributed by atoms with van der Waals surface area (Å²) < 4.78 is 0. The molecule has 3 aliphatic rings. The maximum atomic E-state index is 10.7. The van der Waals surface area contributed by atoms with Crippen LogP contribution in [0.4, 0.5) is 0 Å². The molecule has 3 nitrogen and oxygen atoms in total. The number of carbonyl (C=O) groups is 1. The zero-order valence-corrected chi connectivity index (χ0v) is 7.49. The highest BCUT2D eigenvalue weighted by Gasteiger charge is 2.45. The molecule has 2 N–H and O–H groups in total. The number of primary amides is 1. The van der Waals surface area contributed by atoms with E-state index in [0.29, 0.717) is 12.3 Å². The smallest absolute Gasteiger partial charge is 0.217 e. The van der Waals surface area contributed by atoms with Gasteiger partial charge in [-0.2, -0.15) is 0 Å². The number of nitrogens with zero attached hydrogens (tertiary/aromatic N) is 1.